The molecule has 1 atom stereocenters. The van der Waals surface area contributed by atoms with E-state index in [0.29, 0.717) is 10.6 Å². The number of halogens is 2. The number of thioether (sulfide) groups is 1. The molecule has 0 radical (unpaired) electrons. The highest BCUT2D eigenvalue weighted by molar-refractivity contribution is 7.99. The highest BCUT2D eigenvalue weighted by Crippen LogP contribution is 2.28. The molecule has 0 fully saturated rings. The van der Waals surface area contributed by atoms with Crippen LogP contribution >= 0.6 is 11.8 Å². The molecule has 0 saturated carbocycles. The molecule has 1 unspecified atom stereocenters. The van der Waals surface area contributed by atoms with Crippen LogP contribution in [0.5, 0.6) is 0 Å². The van der Waals surface area contributed by atoms with Crippen LogP contribution in [0.15, 0.2) is 53.4 Å². The van der Waals surface area contributed by atoms with Crippen molar-refractivity contribution in [3.63, 3.8) is 0 Å². The molecule has 0 amide bonds. The van der Waals surface area contributed by atoms with Crippen LogP contribution in [0.25, 0.3) is 0 Å². The second kappa shape index (κ2) is 6.35. The number of aliphatic hydroxyl groups excluding tert-OH is 1. The molecule has 0 saturated heterocycles. The number of hydrogen-bond acceptors (Lipinski definition) is 3. The molecule has 0 aliphatic heterocycles. The first kappa shape index (κ1) is 15.0. The Morgan fingerprint density at radius 1 is 1.05 bits per heavy atom. The molecule has 5 heteroatoms. The Balaban J connectivity index is 2.13. The number of nitrogens with two attached hydrogens (primary N) is 1. The van der Waals surface area contributed by atoms with Gasteiger partial charge in [0.15, 0.2) is 11.6 Å². The first-order valence-corrected chi connectivity index (χ1v) is 7.07. The average molecular weight is 295 g/mol. The van der Waals surface area contributed by atoms with Gasteiger partial charge in [0.1, 0.15) is 0 Å². The Labute approximate surface area is 120 Å². The summed E-state index contributed by atoms with van der Waals surface area (Å²) in [5.41, 5.74) is 6.08. The molecule has 0 aliphatic rings. The van der Waals surface area contributed by atoms with Gasteiger partial charge in [-0.05, 0) is 23.8 Å². The van der Waals surface area contributed by atoms with Gasteiger partial charge in [-0.2, -0.15) is 0 Å². The number of rotatable bonds is 5. The first-order valence-electron chi connectivity index (χ1n) is 6.08. The van der Waals surface area contributed by atoms with Crippen molar-refractivity contribution in [3.05, 3.63) is 65.7 Å². The molecule has 0 aromatic heterocycles. The summed E-state index contributed by atoms with van der Waals surface area (Å²) in [6, 6.07) is 12.9. The summed E-state index contributed by atoms with van der Waals surface area (Å²) in [4.78, 5) is 0.572. The minimum atomic E-state index is -0.920. The minimum absolute atomic E-state index is 0.228. The summed E-state index contributed by atoms with van der Waals surface area (Å²) in [5, 5.41) is 9.54. The fraction of sp³-hybridized carbons (Fsp3) is 0.200. The lowest BCUT2D eigenvalue weighted by molar-refractivity contribution is 0.213. The van der Waals surface area contributed by atoms with E-state index in [0.717, 1.165) is 17.7 Å². The molecule has 0 aliphatic carbocycles. The molecule has 20 heavy (non-hydrogen) atoms. The fourth-order valence-electron chi connectivity index (χ4n) is 1.77. The van der Waals surface area contributed by atoms with Crippen molar-refractivity contribution in [1.29, 1.82) is 0 Å². The Morgan fingerprint density at radius 3 is 2.35 bits per heavy atom. The van der Waals surface area contributed by atoms with Crippen molar-refractivity contribution >= 4 is 11.8 Å². The van der Waals surface area contributed by atoms with E-state index >= 15 is 0 Å². The summed E-state index contributed by atoms with van der Waals surface area (Å²) in [7, 11) is 0. The molecular formula is C15H15F2NOS. The molecule has 2 aromatic carbocycles. The van der Waals surface area contributed by atoms with Crippen LogP contribution in [-0.2, 0) is 5.54 Å². The Morgan fingerprint density at radius 2 is 1.75 bits per heavy atom. The standard InChI is InChI=1S/C15H15F2NOS/c16-13-7-6-12(8-14(13)17)20-10-15(18,9-19)11-4-2-1-3-5-11/h1-8,19H,9-10,18H2. The summed E-state index contributed by atoms with van der Waals surface area (Å²) >= 11 is 1.28. The van der Waals surface area contributed by atoms with Crippen LogP contribution in [0.4, 0.5) is 8.78 Å². The topological polar surface area (TPSA) is 46.2 Å². The lowest BCUT2D eigenvalue weighted by atomic mass is 9.94. The summed E-state index contributed by atoms with van der Waals surface area (Å²) in [5.74, 6) is -1.40. The predicted molar refractivity (Wildman–Crippen MR) is 76.5 cm³/mol. The highest BCUT2D eigenvalue weighted by Gasteiger charge is 2.26. The monoisotopic (exact) mass is 295 g/mol. The van der Waals surface area contributed by atoms with Crippen LogP contribution in [-0.4, -0.2) is 17.5 Å². The van der Waals surface area contributed by atoms with Crippen LogP contribution < -0.4 is 5.73 Å². The molecule has 0 spiro atoms. The van der Waals surface area contributed by atoms with Crippen molar-refractivity contribution < 1.29 is 13.9 Å². The van der Waals surface area contributed by atoms with Gasteiger partial charge < -0.3 is 10.8 Å². The van der Waals surface area contributed by atoms with Gasteiger partial charge >= 0.3 is 0 Å². The second-order valence-corrected chi connectivity index (χ2v) is 5.59. The summed E-state index contributed by atoms with van der Waals surface area (Å²) in [6.07, 6.45) is 0. The SMILES string of the molecule is NC(CO)(CSc1ccc(F)c(F)c1)c1ccccc1. The van der Waals surface area contributed by atoms with Gasteiger partial charge in [0.2, 0.25) is 0 Å². The largest absolute Gasteiger partial charge is 0.394 e. The third-order valence-electron chi connectivity index (χ3n) is 3.02. The zero-order valence-corrected chi connectivity index (χ0v) is 11.5. The summed E-state index contributed by atoms with van der Waals surface area (Å²) in [6.45, 7) is -0.228. The lowest BCUT2D eigenvalue weighted by Crippen LogP contribution is -2.43. The molecular weight excluding hydrogens is 280 g/mol. The number of aliphatic hydroxyl groups is 1. The zero-order chi connectivity index (χ0) is 14.6. The second-order valence-electron chi connectivity index (χ2n) is 4.54. The predicted octanol–water partition coefficient (Wildman–Crippen LogP) is 2.90. The van der Waals surface area contributed by atoms with Crippen molar-refractivity contribution in [2.24, 2.45) is 5.73 Å². The Bertz CT molecular complexity index is 579. The van der Waals surface area contributed by atoms with Crippen molar-refractivity contribution in [2.45, 2.75) is 10.4 Å². The van der Waals surface area contributed by atoms with Gasteiger partial charge in [0.25, 0.3) is 0 Å². The van der Waals surface area contributed by atoms with E-state index in [1.165, 1.54) is 17.8 Å². The van der Waals surface area contributed by atoms with Crippen LogP contribution in [0.3, 0.4) is 0 Å². The van der Waals surface area contributed by atoms with Gasteiger partial charge in [-0.3, -0.25) is 0 Å². The van der Waals surface area contributed by atoms with Crippen LogP contribution in [0.2, 0.25) is 0 Å². The van der Waals surface area contributed by atoms with Gasteiger partial charge in [0, 0.05) is 10.6 Å². The van der Waals surface area contributed by atoms with E-state index in [1.54, 1.807) is 0 Å². The number of benzene rings is 2. The van der Waals surface area contributed by atoms with Gasteiger partial charge in [-0.1, -0.05) is 30.3 Å². The first-order chi connectivity index (χ1) is 9.55. The van der Waals surface area contributed by atoms with E-state index in [4.69, 9.17) is 5.73 Å². The zero-order valence-electron chi connectivity index (χ0n) is 10.7. The fourth-order valence-corrected chi connectivity index (χ4v) is 2.80. The minimum Gasteiger partial charge on any atom is -0.394 e. The third-order valence-corrected chi connectivity index (χ3v) is 4.27. The lowest BCUT2D eigenvalue weighted by Gasteiger charge is -2.27. The molecule has 2 nitrogen and oxygen atoms in total. The molecule has 0 bridgehead atoms. The van der Waals surface area contributed by atoms with E-state index in [-0.39, 0.29) is 6.61 Å². The average Bonchev–Trinajstić information content (AvgIpc) is 2.49. The molecule has 3 N–H and O–H groups in total. The maximum Gasteiger partial charge on any atom is 0.159 e. The van der Waals surface area contributed by atoms with E-state index in [9.17, 15) is 13.9 Å². The van der Waals surface area contributed by atoms with Crippen molar-refractivity contribution in [3.8, 4) is 0 Å². The van der Waals surface area contributed by atoms with E-state index in [1.807, 2.05) is 30.3 Å². The molecule has 2 rings (SSSR count). The summed E-state index contributed by atoms with van der Waals surface area (Å²) < 4.78 is 26.0. The van der Waals surface area contributed by atoms with Gasteiger partial charge in [-0.15, -0.1) is 11.8 Å². The van der Waals surface area contributed by atoms with Gasteiger partial charge in [0.05, 0.1) is 12.1 Å². The van der Waals surface area contributed by atoms with Crippen molar-refractivity contribution in [2.75, 3.05) is 12.4 Å². The Kier molecular flexibility index (Phi) is 4.75. The van der Waals surface area contributed by atoms with Crippen molar-refractivity contribution in [1.82, 2.24) is 0 Å². The van der Waals surface area contributed by atoms with Crippen LogP contribution in [0.1, 0.15) is 5.56 Å². The highest BCUT2D eigenvalue weighted by atomic mass is 32.2. The molecule has 0 heterocycles. The molecule has 106 valence electrons. The van der Waals surface area contributed by atoms with E-state index < -0.39 is 17.2 Å². The van der Waals surface area contributed by atoms with Crippen LogP contribution in [0, 0.1) is 11.6 Å². The number of hydrogen-bond donors (Lipinski definition) is 2. The maximum atomic E-state index is 13.1. The van der Waals surface area contributed by atoms with Gasteiger partial charge in [-0.25, -0.2) is 8.78 Å². The maximum absolute atomic E-state index is 13.1. The quantitative estimate of drug-likeness (QED) is 0.834. The normalized spacial score (nSPS) is 14.0. The smallest absolute Gasteiger partial charge is 0.159 e. The molecule has 2 aromatic rings. The Hall–Kier alpha value is -1.43. The third kappa shape index (κ3) is 3.36. The van der Waals surface area contributed by atoms with E-state index in [2.05, 4.69) is 0 Å².